The average molecular weight is 326 g/mol. The van der Waals surface area contributed by atoms with Crippen molar-refractivity contribution in [2.75, 3.05) is 19.3 Å². The van der Waals surface area contributed by atoms with E-state index in [0.29, 0.717) is 5.11 Å². The molecule has 0 aromatic carbocycles. The highest BCUT2D eigenvalue weighted by Gasteiger charge is 2.19. The molecule has 4 nitrogen and oxygen atoms in total. The summed E-state index contributed by atoms with van der Waals surface area (Å²) in [6, 6.07) is 3.90. The van der Waals surface area contributed by atoms with E-state index in [2.05, 4.69) is 14.2 Å². The summed E-state index contributed by atoms with van der Waals surface area (Å²) in [4.78, 5) is 6.34. The summed E-state index contributed by atoms with van der Waals surface area (Å²) in [5.74, 6) is 0. The molecular formula is C15H23N3OS2. The minimum Gasteiger partial charge on any atom is -0.347 e. The first-order valence-corrected chi connectivity index (χ1v) is 9.72. The highest BCUT2D eigenvalue weighted by Crippen LogP contribution is 2.23. The van der Waals surface area contributed by atoms with E-state index in [1.165, 1.54) is 6.42 Å². The zero-order valence-corrected chi connectivity index (χ0v) is 14.5. The SMILES string of the molecule is Cc1ccc(C(C)S(C)(=O)=NC(=S)N2CCCCC2)cn1. The Bertz CT molecular complexity index is 612. The highest BCUT2D eigenvalue weighted by molar-refractivity contribution is 7.94. The molecule has 1 fully saturated rings. The molecule has 0 radical (unpaired) electrons. The third-order valence-electron chi connectivity index (χ3n) is 3.95. The van der Waals surface area contributed by atoms with Crippen molar-refractivity contribution in [3.63, 3.8) is 0 Å². The van der Waals surface area contributed by atoms with Crippen LogP contribution >= 0.6 is 12.2 Å². The summed E-state index contributed by atoms with van der Waals surface area (Å²) in [6.07, 6.45) is 6.98. The molecule has 0 bridgehead atoms. The van der Waals surface area contributed by atoms with Crippen molar-refractivity contribution in [3.05, 3.63) is 29.6 Å². The largest absolute Gasteiger partial charge is 0.347 e. The number of nitrogens with zero attached hydrogens (tertiary/aromatic N) is 3. The summed E-state index contributed by atoms with van der Waals surface area (Å²) >= 11 is 5.38. The molecule has 1 saturated heterocycles. The molecule has 2 atom stereocenters. The van der Waals surface area contributed by atoms with Crippen molar-refractivity contribution in [1.82, 2.24) is 9.88 Å². The van der Waals surface area contributed by atoms with E-state index in [0.717, 1.165) is 37.2 Å². The van der Waals surface area contributed by atoms with Gasteiger partial charge in [-0.2, -0.15) is 4.36 Å². The maximum absolute atomic E-state index is 12.9. The first kappa shape index (κ1) is 16.4. The minimum absolute atomic E-state index is 0.187. The maximum atomic E-state index is 12.9. The van der Waals surface area contributed by atoms with Gasteiger partial charge in [0.15, 0.2) is 0 Å². The van der Waals surface area contributed by atoms with Gasteiger partial charge in [0.2, 0.25) is 5.11 Å². The van der Waals surface area contributed by atoms with Gasteiger partial charge < -0.3 is 4.90 Å². The summed E-state index contributed by atoms with van der Waals surface area (Å²) in [5.41, 5.74) is 1.90. The van der Waals surface area contributed by atoms with Gasteiger partial charge in [-0.1, -0.05) is 6.07 Å². The Morgan fingerprint density at radius 1 is 1.38 bits per heavy atom. The lowest BCUT2D eigenvalue weighted by molar-refractivity contribution is 0.345. The monoisotopic (exact) mass is 325 g/mol. The topological polar surface area (TPSA) is 45.6 Å². The van der Waals surface area contributed by atoms with Crippen LogP contribution in [0.3, 0.4) is 0 Å². The fraction of sp³-hybridized carbons (Fsp3) is 0.600. The van der Waals surface area contributed by atoms with E-state index in [4.69, 9.17) is 12.2 Å². The lowest BCUT2D eigenvalue weighted by Gasteiger charge is -2.27. The Morgan fingerprint density at radius 3 is 2.62 bits per heavy atom. The Labute approximate surface area is 133 Å². The van der Waals surface area contributed by atoms with Crippen molar-refractivity contribution >= 4 is 27.1 Å². The van der Waals surface area contributed by atoms with E-state index in [1.807, 2.05) is 26.0 Å². The average Bonchev–Trinajstić information content (AvgIpc) is 2.48. The third kappa shape index (κ3) is 4.23. The Balaban J connectivity index is 2.19. The second-order valence-electron chi connectivity index (χ2n) is 5.66. The van der Waals surface area contributed by atoms with Crippen LogP contribution in [0.5, 0.6) is 0 Å². The Morgan fingerprint density at radius 2 is 2.05 bits per heavy atom. The fourth-order valence-electron chi connectivity index (χ4n) is 2.35. The first-order chi connectivity index (χ1) is 9.90. The lowest BCUT2D eigenvalue weighted by atomic mass is 10.1. The molecule has 2 heterocycles. The number of aryl methyl sites for hydroxylation is 1. The molecule has 2 rings (SSSR count). The van der Waals surface area contributed by atoms with Crippen molar-refractivity contribution in [1.29, 1.82) is 0 Å². The molecule has 0 amide bonds. The van der Waals surface area contributed by atoms with E-state index < -0.39 is 9.73 Å². The first-order valence-electron chi connectivity index (χ1n) is 7.32. The molecule has 2 unspecified atom stereocenters. The number of hydrogen-bond donors (Lipinski definition) is 0. The molecule has 21 heavy (non-hydrogen) atoms. The molecule has 1 aliphatic heterocycles. The normalized spacial score (nSPS) is 19.7. The van der Waals surface area contributed by atoms with Gasteiger partial charge in [0.25, 0.3) is 0 Å². The lowest BCUT2D eigenvalue weighted by Crippen LogP contribution is -2.34. The minimum atomic E-state index is -2.42. The second kappa shape index (κ2) is 6.83. The van der Waals surface area contributed by atoms with Gasteiger partial charge >= 0.3 is 0 Å². The van der Waals surface area contributed by atoms with Gasteiger partial charge in [-0.25, -0.2) is 4.21 Å². The molecule has 0 saturated carbocycles. The van der Waals surface area contributed by atoms with E-state index in [-0.39, 0.29) is 5.25 Å². The van der Waals surface area contributed by atoms with Crippen LogP contribution in [-0.2, 0) is 9.73 Å². The van der Waals surface area contributed by atoms with Crippen LogP contribution in [0.4, 0.5) is 0 Å². The molecule has 1 aromatic heterocycles. The van der Waals surface area contributed by atoms with Gasteiger partial charge in [-0.3, -0.25) is 4.98 Å². The van der Waals surface area contributed by atoms with Crippen molar-refractivity contribution in [2.45, 2.75) is 38.4 Å². The van der Waals surface area contributed by atoms with Crippen LogP contribution in [0, 0.1) is 6.92 Å². The summed E-state index contributed by atoms with van der Waals surface area (Å²) in [5, 5.41) is 0.308. The molecular weight excluding hydrogens is 302 g/mol. The number of aromatic nitrogens is 1. The van der Waals surface area contributed by atoms with Gasteiger partial charge in [-0.05, 0) is 57.0 Å². The second-order valence-corrected chi connectivity index (χ2v) is 8.63. The zero-order valence-electron chi connectivity index (χ0n) is 12.9. The van der Waals surface area contributed by atoms with Crippen LogP contribution in [0.1, 0.15) is 42.7 Å². The van der Waals surface area contributed by atoms with Crippen LogP contribution in [0.2, 0.25) is 0 Å². The third-order valence-corrected chi connectivity index (χ3v) is 6.53. The highest BCUT2D eigenvalue weighted by atomic mass is 32.2. The summed E-state index contributed by atoms with van der Waals surface area (Å²) < 4.78 is 17.3. The predicted molar refractivity (Wildman–Crippen MR) is 91.9 cm³/mol. The Hall–Kier alpha value is -1.01. The number of piperidine rings is 1. The van der Waals surface area contributed by atoms with Crippen LogP contribution < -0.4 is 0 Å². The van der Waals surface area contributed by atoms with Crippen LogP contribution in [-0.4, -0.2) is 38.6 Å². The number of pyridine rings is 1. The number of thiocarbonyl (C=S) groups is 1. The van der Waals surface area contributed by atoms with Gasteiger partial charge in [-0.15, -0.1) is 0 Å². The molecule has 1 aliphatic rings. The van der Waals surface area contributed by atoms with Gasteiger partial charge in [0, 0.05) is 31.2 Å². The van der Waals surface area contributed by atoms with Crippen molar-refractivity contribution in [3.8, 4) is 0 Å². The zero-order chi connectivity index (χ0) is 15.5. The summed E-state index contributed by atoms with van der Waals surface area (Å²) in [6.45, 7) is 5.72. The molecule has 0 spiro atoms. The maximum Gasteiger partial charge on any atom is 0.204 e. The molecule has 0 N–H and O–H groups in total. The molecule has 6 heteroatoms. The van der Waals surface area contributed by atoms with Crippen molar-refractivity contribution < 1.29 is 4.21 Å². The van der Waals surface area contributed by atoms with Gasteiger partial charge in [0.05, 0.1) is 15.0 Å². The Kier molecular flexibility index (Phi) is 5.32. The van der Waals surface area contributed by atoms with Gasteiger partial charge in [0.1, 0.15) is 0 Å². The van der Waals surface area contributed by atoms with Crippen molar-refractivity contribution in [2.24, 2.45) is 4.36 Å². The molecule has 0 aliphatic carbocycles. The van der Waals surface area contributed by atoms with E-state index in [9.17, 15) is 4.21 Å². The van der Waals surface area contributed by atoms with E-state index in [1.54, 1.807) is 12.5 Å². The standard InChI is InChI=1S/C15H23N3OS2/c1-12-7-8-14(11-16-12)13(2)21(3,19)17-15(20)18-9-5-4-6-10-18/h7-8,11,13H,4-6,9-10H2,1-3H3. The number of rotatable bonds is 2. The predicted octanol–water partition coefficient (Wildman–Crippen LogP) is 3.32. The number of likely N-dealkylation sites (tertiary alicyclic amines) is 1. The smallest absolute Gasteiger partial charge is 0.204 e. The summed E-state index contributed by atoms with van der Waals surface area (Å²) in [7, 11) is -2.42. The molecule has 116 valence electrons. The molecule has 1 aromatic rings. The fourth-order valence-corrected chi connectivity index (χ4v) is 4.20. The van der Waals surface area contributed by atoms with E-state index >= 15 is 0 Å². The van der Waals surface area contributed by atoms with Crippen LogP contribution in [0.25, 0.3) is 0 Å². The van der Waals surface area contributed by atoms with Crippen LogP contribution in [0.15, 0.2) is 22.7 Å². The quantitative estimate of drug-likeness (QED) is 0.783. The number of hydrogen-bond acceptors (Lipinski definition) is 3.